The van der Waals surface area contributed by atoms with Crippen molar-refractivity contribution >= 4 is 34.8 Å². The topological polar surface area (TPSA) is 58.2 Å². The molecular formula is C19H21ClN2O2. The first-order valence-electron chi connectivity index (χ1n) is 7.97. The minimum absolute atomic E-state index is 0.0184. The quantitative estimate of drug-likeness (QED) is 0.777. The van der Waals surface area contributed by atoms with E-state index >= 15 is 0 Å². The van der Waals surface area contributed by atoms with E-state index in [1.807, 2.05) is 6.92 Å². The monoisotopic (exact) mass is 344 g/mol. The number of carbonyl (C=O) groups excluding carboxylic acids is 2. The SMILES string of the molecule is CCCC(C)C(=O)Nc1cccc(NC(=O)c2cccc(Cl)c2)c1. The minimum Gasteiger partial charge on any atom is -0.326 e. The van der Waals surface area contributed by atoms with Gasteiger partial charge in [-0.2, -0.15) is 0 Å². The van der Waals surface area contributed by atoms with Gasteiger partial charge in [0.05, 0.1) is 0 Å². The molecule has 0 aliphatic rings. The highest BCUT2D eigenvalue weighted by molar-refractivity contribution is 6.31. The van der Waals surface area contributed by atoms with Crippen LogP contribution >= 0.6 is 11.6 Å². The summed E-state index contributed by atoms with van der Waals surface area (Å²) >= 11 is 5.90. The van der Waals surface area contributed by atoms with Gasteiger partial charge in [0.15, 0.2) is 0 Å². The molecule has 1 unspecified atom stereocenters. The van der Waals surface area contributed by atoms with E-state index in [2.05, 4.69) is 17.6 Å². The summed E-state index contributed by atoms with van der Waals surface area (Å²) in [5, 5.41) is 6.19. The maximum Gasteiger partial charge on any atom is 0.255 e. The molecule has 2 aromatic rings. The van der Waals surface area contributed by atoms with E-state index in [-0.39, 0.29) is 17.7 Å². The summed E-state index contributed by atoms with van der Waals surface area (Å²) in [7, 11) is 0. The lowest BCUT2D eigenvalue weighted by molar-refractivity contribution is -0.119. The number of hydrogen-bond acceptors (Lipinski definition) is 2. The fourth-order valence-corrected chi connectivity index (χ4v) is 2.53. The first-order chi connectivity index (χ1) is 11.5. The average molecular weight is 345 g/mol. The molecule has 2 rings (SSSR count). The van der Waals surface area contributed by atoms with Crippen molar-refractivity contribution in [2.24, 2.45) is 5.92 Å². The highest BCUT2D eigenvalue weighted by atomic mass is 35.5. The molecule has 0 saturated heterocycles. The Morgan fingerprint density at radius 1 is 1.04 bits per heavy atom. The molecule has 0 aliphatic carbocycles. The summed E-state index contributed by atoms with van der Waals surface area (Å²) in [6.07, 6.45) is 1.81. The number of benzene rings is 2. The van der Waals surface area contributed by atoms with Gasteiger partial charge in [0.1, 0.15) is 0 Å². The second kappa shape index (κ2) is 8.50. The zero-order valence-electron chi connectivity index (χ0n) is 13.8. The molecule has 2 aromatic carbocycles. The normalized spacial score (nSPS) is 11.6. The Kier molecular flexibility index (Phi) is 6.38. The Bertz CT molecular complexity index is 731. The molecule has 1 atom stereocenters. The van der Waals surface area contributed by atoms with Crippen molar-refractivity contribution in [3.63, 3.8) is 0 Å². The summed E-state index contributed by atoms with van der Waals surface area (Å²) in [5.74, 6) is -0.310. The lowest BCUT2D eigenvalue weighted by Crippen LogP contribution is -2.20. The Morgan fingerprint density at radius 3 is 2.38 bits per heavy atom. The van der Waals surface area contributed by atoms with Crippen LogP contribution in [0.1, 0.15) is 37.0 Å². The summed E-state index contributed by atoms with van der Waals surface area (Å²) in [5.41, 5.74) is 1.75. The Balaban J connectivity index is 2.05. The molecule has 24 heavy (non-hydrogen) atoms. The fraction of sp³-hybridized carbons (Fsp3) is 0.263. The fourth-order valence-electron chi connectivity index (χ4n) is 2.34. The van der Waals surface area contributed by atoms with Crippen LogP contribution in [0.15, 0.2) is 48.5 Å². The first kappa shape index (κ1) is 18.0. The molecule has 2 N–H and O–H groups in total. The lowest BCUT2D eigenvalue weighted by atomic mass is 10.1. The van der Waals surface area contributed by atoms with Crippen molar-refractivity contribution in [3.05, 3.63) is 59.1 Å². The number of rotatable bonds is 6. The van der Waals surface area contributed by atoms with E-state index < -0.39 is 0 Å². The molecule has 0 radical (unpaired) electrons. The van der Waals surface area contributed by atoms with Gasteiger partial charge in [-0.15, -0.1) is 0 Å². The van der Waals surface area contributed by atoms with Crippen LogP contribution in [0.2, 0.25) is 5.02 Å². The van der Waals surface area contributed by atoms with E-state index in [9.17, 15) is 9.59 Å². The summed E-state index contributed by atoms with van der Waals surface area (Å²) in [4.78, 5) is 24.3. The number of nitrogens with one attached hydrogen (secondary N) is 2. The molecule has 0 heterocycles. The van der Waals surface area contributed by atoms with Gasteiger partial charge in [-0.3, -0.25) is 9.59 Å². The van der Waals surface area contributed by atoms with Crippen LogP contribution in [0, 0.1) is 5.92 Å². The van der Waals surface area contributed by atoms with Gasteiger partial charge < -0.3 is 10.6 Å². The highest BCUT2D eigenvalue weighted by Gasteiger charge is 2.12. The van der Waals surface area contributed by atoms with Gasteiger partial charge in [0.2, 0.25) is 5.91 Å². The van der Waals surface area contributed by atoms with Gasteiger partial charge in [0.25, 0.3) is 5.91 Å². The third-order valence-electron chi connectivity index (χ3n) is 3.64. The van der Waals surface area contributed by atoms with Crippen molar-refractivity contribution in [2.45, 2.75) is 26.7 Å². The third kappa shape index (κ3) is 5.10. The molecule has 0 spiro atoms. The molecule has 4 nitrogen and oxygen atoms in total. The first-order valence-corrected chi connectivity index (χ1v) is 8.35. The van der Waals surface area contributed by atoms with Gasteiger partial charge >= 0.3 is 0 Å². The number of hydrogen-bond donors (Lipinski definition) is 2. The molecule has 5 heteroatoms. The molecule has 0 aliphatic heterocycles. The van der Waals surface area contributed by atoms with Gasteiger partial charge in [-0.05, 0) is 42.8 Å². The van der Waals surface area contributed by atoms with Crippen LogP contribution in [-0.2, 0) is 4.79 Å². The third-order valence-corrected chi connectivity index (χ3v) is 3.88. The second-order valence-corrected chi connectivity index (χ2v) is 6.16. The molecule has 0 fully saturated rings. The summed E-state index contributed by atoms with van der Waals surface area (Å²) in [6.45, 7) is 3.96. The zero-order chi connectivity index (χ0) is 17.5. The van der Waals surface area contributed by atoms with Crippen molar-refractivity contribution in [1.82, 2.24) is 0 Å². The number of amides is 2. The van der Waals surface area contributed by atoms with Crippen LogP contribution in [0.3, 0.4) is 0 Å². The number of anilines is 2. The molecule has 0 bridgehead atoms. The van der Waals surface area contributed by atoms with Crippen LogP contribution in [0.4, 0.5) is 11.4 Å². The van der Waals surface area contributed by atoms with Crippen LogP contribution in [0.25, 0.3) is 0 Å². The van der Waals surface area contributed by atoms with Crippen LogP contribution < -0.4 is 10.6 Å². The predicted molar refractivity (Wildman–Crippen MR) is 98.5 cm³/mol. The highest BCUT2D eigenvalue weighted by Crippen LogP contribution is 2.18. The minimum atomic E-state index is -0.250. The Morgan fingerprint density at radius 2 is 1.71 bits per heavy atom. The van der Waals surface area contributed by atoms with E-state index in [4.69, 9.17) is 11.6 Å². The molecule has 126 valence electrons. The van der Waals surface area contributed by atoms with E-state index in [1.165, 1.54) is 0 Å². The average Bonchev–Trinajstić information content (AvgIpc) is 2.55. The number of carbonyl (C=O) groups is 2. The van der Waals surface area contributed by atoms with Crippen molar-refractivity contribution in [2.75, 3.05) is 10.6 Å². The van der Waals surface area contributed by atoms with Crippen molar-refractivity contribution in [1.29, 1.82) is 0 Å². The van der Waals surface area contributed by atoms with Gasteiger partial charge in [0, 0.05) is 27.9 Å². The second-order valence-electron chi connectivity index (χ2n) is 5.72. The lowest BCUT2D eigenvalue weighted by Gasteiger charge is -2.12. The molecular weight excluding hydrogens is 324 g/mol. The largest absolute Gasteiger partial charge is 0.326 e. The predicted octanol–water partition coefficient (Wildman–Crippen LogP) is 4.97. The molecule has 2 amide bonds. The Labute approximate surface area is 147 Å². The smallest absolute Gasteiger partial charge is 0.255 e. The summed E-state index contributed by atoms with van der Waals surface area (Å²) in [6, 6.07) is 13.8. The Hall–Kier alpha value is -2.33. The standard InChI is InChI=1S/C19H21ClN2O2/c1-3-6-13(2)18(23)21-16-9-5-10-17(12-16)22-19(24)14-7-4-8-15(20)11-14/h4-5,7-13H,3,6H2,1-2H3,(H,21,23)(H,22,24). The molecule has 0 aromatic heterocycles. The van der Waals surface area contributed by atoms with E-state index in [1.54, 1.807) is 48.5 Å². The molecule has 0 saturated carbocycles. The van der Waals surface area contributed by atoms with E-state index in [0.717, 1.165) is 12.8 Å². The van der Waals surface area contributed by atoms with E-state index in [0.29, 0.717) is 22.0 Å². The van der Waals surface area contributed by atoms with Gasteiger partial charge in [-0.1, -0.05) is 44.0 Å². The van der Waals surface area contributed by atoms with Crippen molar-refractivity contribution in [3.8, 4) is 0 Å². The van der Waals surface area contributed by atoms with Crippen molar-refractivity contribution < 1.29 is 9.59 Å². The van der Waals surface area contributed by atoms with Gasteiger partial charge in [-0.25, -0.2) is 0 Å². The number of halogens is 1. The van der Waals surface area contributed by atoms with Crippen LogP contribution in [-0.4, -0.2) is 11.8 Å². The maximum absolute atomic E-state index is 12.2. The zero-order valence-corrected chi connectivity index (χ0v) is 14.6. The summed E-state index contributed by atoms with van der Waals surface area (Å²) < 4.78 is 0. The van der Waals surface area contributed by atoms with Crippen LogP contribution in [0.5, 0.6) is 0 Å². The maximum atomic E-state index is 12.2.